The number of amides is 1. The average molecular weight is 399 g/mol. The molecule has 1 aliphatic rings. The number of carboxylic acid groups (broad SMARTS) is 1. The summed E-state index contributed by atoms with van der Waals surface area (Å²) in [6, 6.07) is 9.45. The van der Waals surface area contributed by atoms with Crippen LogP contribution in [0.1, 0.15) is 12.0 Å². The first kappa shape index (κ1) is 17.5. The van der Waals surface area contributed by atoms with Crippen molar-refractivity contribution in [1.29, 1.82) is 0 Å². The molecule has 1 aliphatic heterocycles. The average Bonchev–Trinajstić information content (AvgIpc) is 3.30. The second-order valence-corrected chi connectivity index (χ2v) is 7.56. The number of hydrogen-bond donors (Lipinski definition) is 2. The van der Waals surface area contributed by atoms with Crippen molar-refractivity contribution >= 4 is 57.2 Å². The highest BCUT2D eigenvalue weighted by Crippen LogP contribution is 2.32. The van der Waals surface area contributed by atoms with E-state index in [1.165, 1.54) is 11.8 Å². The van der Waals surface area contributed by atoms with Crippen LogP contribution in [0.15, 0.2) is 45.9 Å². The van der Waals surface area contributed by atoms with Gasteiger partial charge in [0.05, 0.1) is 17.9 Å². The summed E-state index contributed by atoms with van der Waals surface area (Å²) in [6.07, 6.45) is 3.33. The van der Waals surface area contributed by atoms with Crippen molar-refractivity contribution in [2.75, 3.05) is 0 Å². The summed E-state index contributed by atoms with van der Waals surface area (Å²) in [7, 11) is 0. The van der Waals surface area contributed by atoms with E-state index in [-0.39, 0.29) is 18.9 Å². The number of nitrogens with one attached hydrogen (secondary N) is 1. The molecule has 136 valence electrons. The zero-order valence-corrected chi connectivity index (χ0v) is 15.5. The highest BCUT2D eigenvalue weighted by Gasteiger charge is 2.24. The number of para-hydroxylation sites is 1. The Hall–Kier alpha value is -2.91. The molecule has 2 aromatic heterocycles. The summed E-state index contributed by atoms with van der Waals surface area (Å²) in [5.41, 5.74) is 1.91. The number of furan rings is 1. The Morgan fingerprint density at radius 1 is 1.41 bits per heavy atom. The first-order valence-corrected chi connectivity index (χ1v) is 9.25. The Balaban J connectivity index is 1.78. The Kier molecular flexibility index (Phi) is 4.54. The molecule has 1 aromatic carbocycles. The molecule has 1 saturated heterocycles. The van der Waals surface area contributed by atoms with E-state index in [1.807, 2.05) is 30.3 Å². The van der Waals surface area contributed by atoms with Crippen LogP contribution in [0.2, 0.25) is 0 Å². The van der Waals surface area contributed by atoms with Gasteiger partial charge in [-0.25, -0.2) is 0 Å². The standard InChI is InChI=1S/C18H13N3O4S2/c22-15(23)5-6-21-9-11(8-14-17(24)19-18(26)27-14)16(20-21)13-7-10-3-1-2-4-12(10)25-13/h1-4,7-9H,5-6H2,(H,22,23)(H,19,24,26). The molecule has 2 N–H and O–H groups in total. The maximum absolute atomic E-state index is 12.0. The van der Waals surface area contributed by atoms with E-state index in [4.69, 9.17) is 21.7 Å². The van der Waals surface area contributed by atoms with Crippen LogP contribution in [0, 0.1) is 0 Å². The maximum atomic E-state index is 12.0. The molecule has 9 heteroatoms. The highest BCUT2D eigenvalue weighted by atomic mass is 32.2. The van der Waals surface area contributed by atoms with E-state index < -0.39 is 5.97 Å². The number of carbonyl (C=O) groups excluding carboxylic acids is 1. The molecule has 0 radical (unpaired) electrons. The predicted molar refractivity (Wildman–Crippen MR) is 106 cm³/mol. The first-order chi connectivity index (χ1) is 13.0. The molecule has 1 fully saturated rings. The van der Waals surface area contributed by atoms with Crippen LogP contribution in [0.4, 0.5) is 0 Å². The van der Waals surface area contributed by atoms with Crippen LogP contribution in [-0.2, 0) is 16.1 Å². The molecular weight excluding hydrogens is 386 g/mol. The number of carboxylic acids is 1. The molecule has 4 rings (SSSR count). The third-order valence-electron chi connectivity index (χ3n) is 3.93. The third-order valence-corrected chi connectivity index (χ3v) is 5.09. The zero-order chi connectivity index (χ0) is 19.0. The second-order valence-electron chi connectivity index (χ2n) is 5.84. The number of aromatic nitrogens is 2. The number of nitrogens with zero attached hydrogens (tertiary/aromatic N) is 2. The predicted octanol–water partition coefficient (Wildman–Crippen LogP) is 3.26. The number of aliphatic carboxylic acids is 1. The third kappa shape index (κ3) is 3.64. The van der Waals surface area contributed by atoms with Gasteiger partial charge in [-0.15, -0.1) is 0 Å². The number of hydrogen-bond acceptors (Lipinski definition) is 6. The van der Waals surface area contributed by atoms with Gasteiger partial charge in [0.2, 0.25) is 0 Å². The van der Waals surface area contributed by atoms with Gasteiger partial charge in [0.25, 0.3) is 5.91 Å². The number of rotatable bonds is 5. The molecule has 0 saturated carbocycles. The Morgan fingerprint density at radius 2 is 2.22 bits per heavy atom. The largest absolute Gasteiger partial charge is 0.481 e. The summed E-state index contributed by atoms with van der Waals surface area (Å²) in [6.45, 7) is 0.212. The number of fused-ring (bicyclic) bond motifs is 1. The minimum Gasteiger partial charge on any atom is -0.481 e. The van der Waals surface area contributed by atoms with Crippen LogP contribution in [0.25, 0.3) is 28.5 Å². The van der Waals surface area contributed by atoms with Crippen LogP contribution in [0.3, 0.4) is 0 Å². The maximum Gasteiger partial charge on any atom is 0.305 e. The van der Waals surface area contributed by atoms with Crippen molar-refractivity contribution in [2.45, 2.75) is 13.0 Å². The van der Waals surface area contributed by atoms with Gasteiger partial charge >= 0.3 is 5.97 Å². The summed E-state index contributed by atoms with van der Waals surface area (Å²) in [4.78, 5) is 23.3. The van der Waals surface area contributed by atoms with Crippen molar-refractivity contribution < 1.29 is 19.1 Å². The Morgan fingerprint density at radius 3 is 2.93 bits per heavy atom. The van der Waals surface area contributed by atoms with E-state index in [2.05, 4.69) is 10.4 Å². The van der Waals surface area contributed by atoms with Gasteiger partial charge in [-0.2, -0.15) is 5.10 Å². The van der Waals surface area contributed by atoms with Crippen LogP contribution in [-0.4, -0.2) is 31.1 Å². The highest BCUT2D eigenvalue weighted by molar-refractivity contribution is 8.26. The molecule has 0 spiro atoms. The van der Waals surface area contributed by atoms with E-state index in [0.29, 0.717) is 26.2 Å². The van der Waals surface area contributed by atoms with E-state index >= 15 is 0 Å². The lowest BCUT2D eigenvalue weighted by molar-refractivity contribution is -0.137. The number of aryl methyl sites for hydroxylation is 1. The smallest absolute Gasteiger partial charge is 0.305 e. The minimum atomic E-state index is -0.910. The molecule has 3 aromatic rings. The minimum absolute atomic E-state index is 0.0589. The molecule has 0 bridgehead atoms. The summed E-state index contributed by atoms with van der Waals surface area (Å²) in [5.74, 6) is -0.631. The lowest BCUT2D eigenvalue weighted by atomic mass is 10.2. The van der Waals surface area contributed by atoms with Gasteiger partial charge in [0, 0.05) is 17.1 Å². The van der Waals surface area contributed by atoms with Gasteiger partial charge in [-0.3, -0.25) is 14.3 Å². The van der Waals surface area contributed by atoms with Crippen LogP contribution < -0.4 is 5.32 Å². The van der Waals surface area contributed by atoms with Crippen molar-refractivity contribution in [3.05, 3.63) is 47.0 Å². The van der Waals surface area contributed by atoms with E-state index in [9.17, 15) is 9.59 Å². The van der Waals surface area contributed by atoms with Gasteiger partial charge < -0.3 is 14.8 Å². The molecule has 3 heterocycles. The molecule has 0 unspecified atom stereocenters. The number of benzene rings is 1. The van der Waals surface area contributed by atoms with Crippen molar-refractivity contribution in [3.8, 4) is 11.5 Å². The topological polar surface area (TPSA) is 97.4 Å². The van der Waals surface area contributed by atoms with Gasteiger partial charge in [-0.05, 0) is 18.2 Å². The number of thioether (sulfide) groups is 1. The SMILES string of the molecule is O=C(O)CCn1cc(C=C2SC(=S)NC2=O)c(-c2cc3ccccc3o2)n1. The molecule has 1 amide bonds. The summed E-state index contributed by atoms with van der Waals surface area (Å²) >= 11 is 6.20. The van der Waals surface area contributed by atoms with Crippen molar-refractivity contribution in [2.24, 2.45) is 0 Å². The number of thiocarbonyl (C=S) groups is 1. The lowest BCUT2D eigenvalue weighted by Crippen LogP contribution is -2.17. The van der Waals surface area contributed by atoms with Gasteiger partial charge in [0.1, 0.15) is 15.6 Å². The summed E-state index contributed by atoms with van der Waals surface area (Å²) < 4.78 is 7.83. The van der Waals surface area contributed by atoms with E-state index in [1.54, 1.807) is 17.0 Å². The Bertz CT molecular complexity index is 1080. The monoisotopic (exact) mass is 399 g/mol. The van der Waals surface area contributed by atoms with E-state index in [0.717, 1.165) is 11.0 Å². The quantitative estimate of drug-likeness (QED) is 0.502. The Labute approximate surface area is 163 Å². The van der Waals surface area contributed by atoms with Gasteiger partial charge in [0.15, 0.2) is 5.76 Å². The molecule has 27 heavy (non-hydrogen) atoms. The summed E-state index contributed by atoms with van der Waals surface area (Å²) in [5, 5.41) is 16.9. The molecular formula is C18H13N3O4S2. The molecule has 0 aliphatic carbocycles. The fourth-order valence-electron chi connectivity index (χ4n) is 2.72. The normalized spacial score (nSPS) is 15.6. The van der Waals surface area contributed by atoms with Crippen molar-refractivity contribution in [3.63, 3.8) is 0 Å². The fraction of sp³-hybridized carbons (Fsp3) is 0.111. The van der Waals surface area contributed by atoms with Crippen molar-refractivity contribution in [1.82, 2.24) is 15.1 Å². The second kappa shape index (κ2) is 7.01. The first-order valence-electron chi connectivity index (χ1n) is 8.02. The fourth-order valence-corrected chi connectivity index (χ4v) is 3.75. The zero-order valence-electron chi connectivity index (χ0n) is 13.8. The van der Waals surface area contributed by atoms with Gasteiger partial charge in [-0.1, -0.05) is 42.2 Å². The molecule has 7 nitrogen and oxygen atoms in total. The molecule has 0 atom stereocenters. The van der Waals surface area contributed by atoms with Crippen LogP contribution in [0.5, 0.6) is 0 Å². The van der Waals surface area contributed by atoms with Crippen LogP contribution >= 0.6 is 24.0 Å². The number of carbonyl (C=O) groups is 2. The lowest BCUT2D eigenvalue weighted by Gasteiger charge is -1.96.